The van der Waals surface area contributed by atoms with E-state index in [0.29, 0.717) is 45.6 Å². The molecule has 6 rings (SSSR count). The molecule has 0 radical (unpaired) electrons. The van der Waals surface area contributed by atoms with Crippen molar-refractivity contribution in [3.8, 4) is 22.6 Å². The van der Waals surface area contributed by atoms with Crippen molar-refractivity contribution in [3.63, 3.8) is 0 Å². The zero-order valence-electron chi connectivity index (χ0n) is 23.2. The van der Waals surface area contributed by atoms with Gasteiger partial charge in [-0.3, -0.25) is 4.79 Å². The fourth-order valence-electron chi connectivity index (χ4n) is 5.31. The molecule has 0 aliphatic heterocycles. The Morgan fingerprint density at radius 3 is 1.88 bits per heavy atom. The molecule has 6 nitrogen and oxygen atoms in total. The Balaban J connectivity index is 1.39. The highest BCUT2D eigenvalue weighted by Gasteiger charge is 2.36. The number of carbonyl (C=O) groups is 1. The minimum atomic E-state index is -0.546. The van der Waals surface area contributed by atoms with Gasteiger partial charge in [0.15, 0.2) is 12.2 Å². The summed E-state index contributed by atoms with van der Waals surface area (Å²) in [5, 5.41) is 4.04. The summed E-state index contributed by atoms with van der Waals surface area (Å²) >= 11 is 7.20. The average Bonchev–Trinajstić information content (AvgIpc) is 3.04. The van der Waals surface area contributed by atoms with E-state index in [2.05, 4.69) is 5.32 Å². The van der Waals surface area contributed by atoms with Gasteiger partial charge in [-0.1, -0.05) is 96.5 Å². The van der Waals surface area contributed by atoms with Crippen LogP contribution in [-0.4, -0.2) is 5.91 Å². The van der Waals surface area contributed by atoms with Gasteiger partial charge in [-0.2, -0.15) is 0 Å². The number of primary amides is 1. The summed E-state index contributed by atoms with van der Waals surface area (Å²) < 4.78 is 13.0. The zero-order valence-corrected chi connectivity index (χ0v) is 24.0. The van der Waals surface area contributed by atoms with Gasteiger partial charge < -0.3 is 26.3 Å². The standard InChI is InChI=1S/C36H30ClN3O3/c37-32-33(40-22-23-19-20-29(36(39)41)30(21-23)26-15-9-10-18-31(26)38)35(43-25-13-5-2-6-14-25)28-17-8-7-16-27(28)34(32)42-24-11-3-1-4-12-24/h1-21,34-35,40H,22,38H2,(H2,39,41). The first kappa shape index (κ1) is 27.9. The van der Waals surface area contributed by atoms with Crippen molar-refractivity contribution in [2.45, 2.75) is 18.8 Å². The summed E-state index contributed by atoms with van der Waals surface area (Å²) in [7, 11) is 0. The molecule has 0 bridgehead atoms. The molecule has 0 heterocycles. The van der Waals surface area contributed by atoms with Crippen molar-refractivity contribution in [3.05, 3.63) is 160 Å². The number of anilines is 1. The van der Waals surface area contributed by atoms with Gasteiger partial charge >= 0.3 is 0 Å². The van der Waals surface area contributed by atoms with Crippen LogP contribution in [0, 0.1) is 0 Å². The molecular weight excluding hydrogens is 558 g/mol. The molecule has 0 fully saturated rings. The minimum Gasteiger partial charge on any atom is -0.480 e. The van der Waals surface area contributed by atoms with Gasteiger partial charge in [-0.15, -0.1) is 0 Å². The Morgan fingerprint density at radius 1 is 0.698 bits per heavy atom. The van der Waals surface area contributed by atoms with Crippen LogP contribution in [0.5, 0.6) is 11.5 Å². The van der Waals surface area contributed by atoms with Crippen LogP contribution in [-0.2, 0) is 6.54 Å². The van der Waals surface area contributed by atoms with Gasteiger partial charge in [0.05, 0.1) is 10.7 Å². The second kappa shape index (κ2) is 12.3. The zero-order chi connectivity index (χ0) is 29.8. The molecule has 0 spiro atoms. The first-order valence-electron chi connectivity index (χ1n) is 13.9. The highest BCUT2D eigenvalue weighted by atomic mass is 35.5. The van der Waals surface area contributed by atoms with E-state index in [0.717, 1.165) is 22.3 Å². The number of carbonyl (C=O) groups excluding carboxylic acids is 1. The number of hydrogen-bond acceptors (Lipinski definition) is 5. The summed E-state index contributed by atoms with van der Waals surface area (Å²) in [5.41, 5.74) is 17.8. The Hall–Kier alpha value is -5.20. The second-order valence-corrected chi connectivity index (χ2v) is 10.6. The van der Waals surface area contributed by atoms with Crippen molar-refractivity contribution in [2.75, 3.05) is 5.73 Å². The highest BCUT2D eigenvalue weighted by Crippen LogP contribution is 2.45. The molecule has 43 heavy (non-hydrogen) atoms. The summed E-state index contributed by atoms with van der Waals surface area (Å²) in [6.45, 7) is 0.388. The van der Waals surface area contributed by atoms with Gasteiger partial charge in [0, 0.05) is 34.5 Å². The predicted molar refractivity (Wildman–Crippen MR) is 171 cm³/mol. The minimum absolute atomic E-state index is 0.388. The lowest BCUT2D eigenvalue weighted by Crippen LogP contribution is -2.31. The Morgan fingerprint density at radius 2 is 1.26 bits per heavy atom. The summed E-state index contributed by atoms with van der Waals surface area (Å²) in [5.74, 6) is 0.889. The van der Waals surface area contributed by atoms with Crippen molar-refractivity contribution < 1.29 is 14.3 Å². The largest absolute Gasteiger partial charge is 0.480 e. The van der Waals surface area contributed by atoms with Crippen molar-refractivity contribution in [1.82, 2.24) is 5.32 Å². The molecule has 1 amide bonds. The lowest BCUT2D eigenvalue weighted by molar-refractivity contribution is 0.100. The maximum absolute atomic E-state index is 12.3. The second-order valence-electron chi connectivity index (χ2n) is 10.2. The molecule has 7 heteroatoms. The molecule has 2 atom stereocenters. The maximum atomic E-state index is 12.3. The lowest BCUT2D eigenvalue weighted by atomic mass is 9.89. The molecule has 5 aromatic carbocycles. The smallest absolute Gasteiger partial charge is 0.249 e. The maximum Gasteiger partial charge on any atom is 0.249 e. The third-order valence-corrected chi connectivity index (χ3v) is 7.79. The third-order valence-electron chi connectivity index (χ3n) is 7.39. The van der Waals surface area contributed by atoms with E-state index < -0.39 is 18.1 Å². The number of rotatable bonds is 9. The van der Waals surface area contributed by atoms with Gasteiger partial charge in [0.25, 0.3) is 0 Å². The van der Waals surface area contributed by atoms with E-state index in [1.807, 2.05) is 115 Å². The molecule has 1 aliphatic carbocycles. The van der Waals surface area contributed by atoms with Crippen molar-refractivity contribution in [1.29, 1.82) is 0 Å². The molecule has 0 aromatic heterocycles. The number of benzene rings is 5. The summed E-state index contributed by atoms with van der Waals surface area (Å²) in [4.78, 5) is 12.3. The fourth-order valence-corrected chi connectivity index (χ4v) is 5.64. The fraction of sp³-hybridized carbons (Fsp3) is 0.0833. The van der Waals surface area contributed by atoms with Gasteiger partial charge in [-0.25, -0.2) is 0 Å². The molecule has 214 valence electrons. The summed E-state index contributed by atoms with van der Waals surface area (Å²) in [6.07, 6.45) is -1.06. The van der Waals surface area contributed by atoms with E-state index in [1.165, 1.54) is 0 Å². The number of fused-ring (bicyclic) bond motifs is 1. The quantitative estimate of drug-likeness (QED) is 0.155. The van der Waals surface area contributed by atoms with Crippen molar-refractivity contribution in [2.24, 2.45) is 5.73 Å². The van der Waals surface area contributed by atoms with Crippen LogP contribution in [0.15, 0.2) is 138 Å². The summed E-state index contributed by atoms with van der Waals surface area (Å²) in [6, 6.07) is 40.2. The van der Waals surface area contributed by atoms with Crippen molar-refractivity contribution >= 4 is 23.2 Å². The number of nitrogen functional groups attached to an aromatic ring is 1. The van der Waals surface area contributed by atoms with Crippen LogP contribution in [0.2, 0.25) is 0 Å². The molecule has 0 saturated heterocycles. The number of nitrogens with two attached hydrogens (primary N) is 2. The number of nitrogens with one attached hydrogen (secondary N) is 1. The number of ether oxygens (including phenoxy) is 2. The van der Waals surface area contributed by atoms with E-state index in [4.69, 9.17) is 32.5 Å². The van der Waals surface area contributed by atoms with Crippen LogP contribution in [0.1, 0.15) is 39.3 Å². The number of halogens is 1. The number of hydrogen-bond donors (Lipinski definition) is 3. The van der Waals surface area contributed by atoms with Gasteiger partial charge in [0.2, 0.25) is 5.91 Å². The van der Waals surface area contributed by atoms with Gasteiger partial charge in [0.1, 0.15) is 11.5 Å². The SMILES string of the molecule is NC(=O)c1ccc(CNC2=C(Cl)C(Oc3ccccc3)c3ccccc3C2Oc2ccccc2)cc1-c1ccccc1N. The predicted octanol–water partition coefficient (Wildman–Crippen LogP) is 7.53. The molecule has 5 aromatic rings. The van der Waals surface area contributed by atoms with Gasteiger partial charge in [-0.05, 0) is 53.6 Å². The molecule has 1 aliphatic rings. The molecule has 0 saturated carbocycles. The average molecular weight is 588 g/mol. The lowest BCUT2D eigenvalue weighted by Gasteiger charge is -2.34. The topological polar surface area (TPSA) is 99.6 Å². The number of para-hydroxylation sites is 3. The first-order chi connectivity index (χ1) is 21.0. The Kier molecular flexibility index (Phi) is 8.03. The van der Waals surface area contributed by atoms with Crippen LogP contribution in [0.4, 0.5) is 5.69 Å². The van der Waals surface area contributed by atoms with Crippen LogP contribution >= 0.6 is 11.6 Å². The van der Waals surface area contributed by atoms with Crippen LogP contribution < -0.4 is 26.3 Å². The Labute approximate surface area is 255 Å². The van der Waals surface area contributed by atoms with Crippen LogP contribution in [0.3, 0.4) is 0 Å². The van der Waals surface area contributed by atoms with Crippen LogP contribution in [0.25, 0.3) is 11.1 Å². The third kappa shape index (κ3) is 5.92. The molecule has 5 N–H and O–H groups in total. The van der Waals surface area contributed by atoms with E-state index in [-0.39, 0.29) is 0 Å². The highest BCUT2D eigenvalue weighted by molar-refractivity contribution is 6.30. The Bertz CT molecular complexity index is 1790. The van der Waals surface area contributed by atoms with E-state index >= 15 is 0 Å². The van der Waals surface area contributed by atoms with E-state index in [1.54, 1.807) is 12.1 Å². The van der Waals surface area contributed by atoms with E-state index in [9.17, 15) is 4.79 Å². The molecule has 2 unspecified atom stereocenters. The monoisotopic (exact) mass is 587 g/mol. The normalized spacial score (nSPS) is 15.8. The first-order valence-corrected chi connectivity index (χ1v) is 14.3. The molecular formula is C36H30ClN3O3. The number of amides is 1.